The largest absolute Gasteiger partial charge is 0.493 e. The highest BCUT2D eigenvalue weighted by molar-refractivity contribution is 5.97. The third-order valence-corrected chi connectivity index (χ3v) is 3.29. The number of benzene rings is 1. The van der Waals surface area contributed by atoms with Crippen molar-refractivity contribution in [2.24, 2.45) is 0 Å². The molecule has 112 valence electrons. The van der Waals surface area contributed by atoms with E-state index in [0.29, 0.717) is 12.2 Å². The van der Waals surface area contributed by atoms with Gasteiger partial charge in [-0.25, -0.2) is 0 Å². The van der Waals surface area contributed by atoms with E-state index in [1.807, 2.05) is 0 Å². The summed E-state index contributed by atoms with van der Waals surface area (Å²) in [5.41, 5.74) is 1.48. The molecule has 0 bridgehead atoms. The average Bonchev–Trinajstić information content (AvgIpc) is 3.00. The predicted molar refractivity (Wildman–Crippen MR) is 76.4 cm³/mol. The summed E-state index contributed by atoms with van der Waals surface area (Å²) in [6.07, 6.45) is 2.07. The minimum Gasteiger partial charge on any atom is -0.493 e. The Morgan fingerprint density at radius 3 is 3.09 bits per heavy atom. The molecule has 0 saturated carbocycles. The van der Waals surface area contributed by atoms with Gasteiger partial charge in [-0.1, -0.05) is 0 Å². The van der Waals surface area contributed by atoms with Gasteiger partial charge in [0, 0.05) is 12.0 Å². The second-order valence-corrected chi connectivity index (χ2v) is 4.72. The number of nitrogens with zero attached hydrogens (tertiary/aromatic N) is 2. The van der Waals surface area contributed by atoms with E-state index in [4.69, 9.17) is 9.47 Å². The molecule has 0 spiro atoms. The Labute approximate surface area is 125 Å². The van der Waals surface area contributed by atoms with E-state index in [1.54, 1.807) is 18.2 Å². The Balaban J connectivity index is 1.72. The van der Waals surface area contributed by atoms with Crippen LogP contribution in [0.4, 0.5) is 5.82 Å². The Bertz CT molecular complexity index is 744. The van der Waals surface area contributed by atoms with E-state index < -0.39 is 10.7 Å². The van der Waals surface area contributed by atoms with Crippen molar-refractivity contribution in [1.82, 2.24) is 4.98 Å². The fourth-order valence-electron chi connectivity index (χ4n) is 2.22. The normalized spacial score (nSPS) is 12.4. The van der Waals surface area contributed by atoms with E-state index in [0.717, 1.165) is 17.7 Å². The molecule has 22 heavy (non-hydrogen) atoms. The van der Waals surface area contributed by atoms with Crippen molar-refractivity contribution in [2.45, 2.75) is 6.42 Å². The van der Waals surface area contributed by atoms with E-state index >= 15 is 0 Å². The molecule has 0 fully saturated rings. The molecule has 3 rings (SSSR count). The molecule has 0 atom stereocenters. The molecule has 2 heterocycles. The zero-order valence-electron chi connectivity index (χ0n) is 11.5. The highest BCUT2D eigenvalue weighted by atomic mass is 16.6. The van der Waals surface area contributed by atoms with Crippen LogP contribution in [0, 0.1) is 10.1 Å². The molecule has 2 aromatic rings. The number of nitro groups is 1. The monoisotopic (exact) mass is 300 g/mol. The first kappa shape index (κ1) is 14.0. The highest BCUT2D eigenvalue weighted by Gasteiger charge is 2.19. The number of pyridine rings is 1. The van der Waals surface area contributed by atoms with Crippen molar-refractivity contribution >= 4 is 11.6 Å². The van der Waals surface area contributed by atoms with Gasteiger partial charge in [-0.3, -0.25) is 4.79 Å². The second kappa shape index (κ2) is 5.80. The first-order chi connectivity index (χ1) is 10.6. The van der Waals surface area contributed by atoms with Crippen LogP contribution in [0.25, 0.3) is 0 Å². The molecule has 0 unspecified atom stereocenters. The number of ether oxygens (including phenoxy) is 2. The van der Waals surface area contributed by atoms with Crippen LogP contribution in [0.15, 0.2) is 36.5 Å². The van der Waals surface area contributed by atoms with Crippen LogP contribution in [0.5, 0.6) is 11.5 Å². The second-order valence-electron chi connectivity index (χ2n) is 4.72. The molecule has 1 aromatic heterocycles. The van der Waals surface area contributed by atoms with Gasteiger partial charge in [0.15, 0.2) is 12.4 Å². The van der Waals surface area contributed by atoms with Gasteiger partial charge < -0.3 is 19.6 Å². The van der Waals surface area contributed by atoms with E-state index in [1.165, 1.54) is 18.3 Å². The Hall–Kier alpha value is -2.96. The zero-order chi connectivity index (χ0) is 15.5. The van der Waals surface area contributed by atoms with Crippen LogP contribution in [-0.4, -0.2) is 28.9 Å². The number of carbonyl (C=O) groups excluding carboxylic acids is 1. The number of aromatic nitrogens is 1. The molecule has 1 aromatic carbocycles. The highest BCUT2D eigenvalue weighted by Crippen LogP contribution is 2.26. The Morgan fingerprint density at radius 2 is 2.27 bits per heavy atom. The fraction of sp³-hybridized carbons (Fsp3) is 0.200. The number of hydrogen-bond acceptors (Lipinski definition) is 6. The molecule has 7 nitrogen and oxygen atoms in total. The molecule has 0 saturated heterocycles. The molecule has 0 aliphatic carbocycles. The lowest BCUT2D eigenvalue weighted by Crippen LogP contribution is -2.12. The van der Waals surface area contributed by atoms with Gasteiger partial charge in [0.2, 0.25) is 5.75 Å². The van der Waals surface area contributed by atoms with Crippen molar-refractivity contribution in [1.29, 1.82) is 0 Å². The van der Waals surface area contributed by atoms with Gasteiger partial charge in [0.25, 0.3) is 0 Å². The summed E-state index contributed by atoms with van der Waals surface area (Å²) >= 11 is 0. The van der Waals surface area contributed by atoms with Gasteiger partial charge in [-0.15, -0.1) is 0 Å². The first-order valence-electron chi connectivity index (χ1n) is 6.66. The van der Waals surface area contributed by atoms with Crippen molar-refractivity contribution in [3.63, 3.8) is 0 Å². The molecule has 0 N–H and O–H groups in total. The molecule has 0 radical (unpaired) electrons. The SMILES string of the molecule is O=C(COc1cccnc1[N+](=O)[O-])c1ccc2c(c1)CCO2. The summed E-state index contributed by atoms with van der Waals surface area (Å²) in [5.74, 6) is 0.108. The van der Waals surface area contributed by atoms with Crippen LogP contribution in [-0.2, 0) is 6.42 Å². The van der Waals surface area contributed by atoms with Gasteiger partial charge in [-0.2, -0.15) is 0 Å². The van der Waals surface area contributed by atoms with Crippen LogP contribution < -0.4 is 9.47 Å². The Kier molecular flexibility index (Phi) is 3.69. The number of rotatable bonds is 5. The maximum absolute atomic E-state index is 12.1. The topological polar surface area (TPSA) is 91.6 Å². The molecular weight excluding hydrogens is 288 g/mol. The number of carbonyl (C=O) groups is 1. The first-order valence-corrected chi connectivity index (χ1v) is 6.66. The number of Topliss-reactive ketones (excluding diaryl/α,β-unsaturated/α-hetero) is 1. The summed E-state index contributed by atoms with van der Waals surface area (Å²) in [6.45, 7) is 0.331. The maximum Gasteiger partial charge on any atom is 0.406 e. The van der Waals surface area contributed by atoms with Crippen molar-refractivity contribution in [2.75, 3.05) is 13.2 Å². The quantitative estimate of drug-likeness (QED) is 0.477. The number of fused-ring (bicyclic) bond motifs is 1. The maximum atomic E-state index is 12.1. The third-order valence-electron chi connectivity index (χ3n) is 3.29. The summed E-state index contributed by atoms with van der Waals surface area (Å²) in [4.78, 5) is 25.9. The zero-order valence-corrected chi connectivity index (χ0v) is 11.5. The van der Waals surface area contributed by atoms with Crippen LogP contribution in [0.1, 0.15) is 15.9 Å². The fourth-order valence-corrected chi connectivity index (χ4v) is 2.22. The minimum atomic E-state index is -0.646. The van der Waals surface area contributed by atoms with Gasteiger partial charge in [0.05, 0.1) is 6.61 Å². The standard InChI is InChI=1S/C15H12N2O5/c18-12(10-3-4-13-11(8-10)5-7-21-13)9-22-14-2-1-6-16-15(14)17(19)20/h1-4,6,8H,5,7,9H2. The molecule has 7 heteroatoms. The predicted octanol–water partition coefficient (Wildman–Crippen LogP) is 2.19. The number of hydrogen-bond donors (Lipinski definition) is 0. The lowest BCUT2D eigenvalue weighted by Gasteiger charge is -2.06. The number of ketones is 1. The summed E-state index contributed by atoms with van der Waals surface area (Å²) in [6, 6.07) is 8.11. The van der Waals surface area contributed by atoms with Crippen LogP contribution >= 0.6 is 0 Å². The van der Waals surface area contributed by atoms with E-state index in [2.05, 4.69) is 4.98 Å². The van der Waals surface area contributed by atoms with Gasteiger partial charge >= 0.3 is 5.82 Å². The van der Waals surface area contributed by atoms with Gasteiger partial charge in [0.1, 0.15) is 11.9 Å². The average molecular weight is 300 g/mol. The molecule has 0 amide bonds. The third kappa shape index (κ3) is 2.73. The van der Waals surface area contributed by atoms with Crippen molar-refractivity contribution in [3.8, 4) is 11.5 Å². The minimum absolute atomic E-state index is 0.0228. The summed E-state index contributed by atoms with van der Waals surface area (Å²) in [5, 5.41) is 10.8. The smallest absolute Gasteiger partial charge is 0.406 e. The lowest BCUT2D eigenvalue weighted by molar-refractivity contribution is -0.390. The van der Waals surface area contributed by atoms with Crippen LogP contribution in [0.2, 0.25) is 0 Å². The molecule has 1 aliphatic heterocycles. The van der Waals surface area contributed by atoms with Crippen LogP contribution in [0.3, 0.4) is 0 Å². The van der Waals surface area contributed by atoms with Crippen molar-refractivity contribution in [3.05, 3.63) is 57.8 Å². The Morgan fingerprint density at radius 1 is 1.41 bits per heavy atom. The van der Waals surface area contributed by atoms with E-state index in [-0.39, 0.29) is 18.1 Å². The lowest BCUT2D eigenvalue weighted by atomic mass is 10.1. The van der Waals surface area contributed by atoms with Gasteiger partial charge in [-0.05, 0) is 45.8 Å². The molecule has 1 aliphatic rings. The molecular formula is C15H12N2O5. The van der Waals surface area contributed by atoms with Crippen molar-refractivity contribution < 1.29 is 19.2 Å². The van der Waals surface area contributed by atoms with E-state index in [9.17, 15) is 14.9 Å². The summed E-state index contributed by atoms with van der Waals surface area (Å²) in [7, 11) is 0. The summed E-state index contributed by atoms with van der Waals surface area (Å²) < 4.78 is 10.6.